The van der Waals surface area contributed by atoms with E-state index < -0.39 is 17.8 Å². The Kier molecular flexibility index (Phi) is 6.13. The second-order valence-electron chi connectivity index (χ2n) is 6.87. The van der Waals surface area contributed by atoms with Gasteiger partial charge in [0.1, 0.15) is 0 Å². The van der Waals surface area contributed by atoms with Crippen molar-refractivity contribution >= 4 is 33.3 Å². The predicted octanol–water partition coefficient (Wildman–Crippen LogP) is 5.80. The molecule has 1 aliphatic carbocycles. The molecule has 0 aromatic carbocycles. The molecule has 0 saturated heterocycles. The fraction of sp³-hybridized carbons (Fsp3) is 0.421. The largest absolute Gasteiger partial charge is 0.418 e. The molecule has 156 valence electrons. The summed E-state index contributed by atoms with van der Waals surface area (Å²) in [6, 6.07) is 0.212. The maximum Gasteiger partial charge on any atom is 0.418 e. The maximum atomic E-state index is 13.4. The highest BCUT2D eigenvalue weighted by Crippen LogP contribution is 2.45. The molecule has 2 aromatic heterocycles. The van der Waals surface area contributed by atoms with Gasteiger partial charge in [-0.15, -0.1) is 0 Å². The number of pyridine rings is 2. The van der Waals surface area contributed by atoms with Crippen molar-refractivity contribution in [3.63, 3.8) is 0 Å². The molecule has 0 radical (unpaired) electrons. The molecular weight excluding hydrogens is 453 g/mol. The van der Waals surface area contributed by atoms with Crippen LogP contribution in [0.4, 0.5) is 29.3 Å². The fourth-order valence-corrected chi connectivity index (χ4v) is 3.59. The van der Waals surface area contributed by atoms with Gasteiger partial charge in [-0.05, 0) is 48.7 Å². The number of nitrogens with zero attached hydrogens (tertiary/aromatic N) is 2. The summed E-state index contributed by atoms with van der Waals surface area (Å²) in [6.07, 6.45) is -0.785. The number of urea groups is 1. The summed E-state index contributed by atoms with van der Waals surface area (Å²) in [4.78, 5) is 20.6. The lowest BCUT2D eigenvalue weighted by molar-refractivity contribution is -0.138. The Balaban J connectivity index is 1.82. The zero-order valence-electron chi connectivity index (χ0n) is 16.0. The normalized spacial score (nSPS) is 15.1. The molecule has 0 bridgehead atoms. The Morgan fingerprint density at radius 1 is 1.28 bits per heavy atom. The highest BCUT2D eigenvalue weighted by Gasteiger charge is 2.39. The molecule has 2 N–H and O–H groups in total. The number of amides is 2. The van der Waals surface area contributed by atoms with Gasteiger partial charge in [-0.3, -0.25) is 9.97 Å². The molecule has 10 heteroatoms. The summed E-state index contributed by atoms with van der Waals surface area (Å²) in [5.41, 5.74) is 0.947. The second-order valence-corrected chi connectivity index (χ2v) is 7.66. The van der Waals surface area contributed by atoms with E-state index in [-0.39, 0.29) is 23.4 Å². The van der Waals surface area contributed by atoms with E-state index in [9.17, 15) is 18.0 Å². The van der Waals surface area contributed by atoms with Crippen LogP contribution in [-0.2, 0) is 10.9 Å². The van der Waals surface area contributed by atoms with Gasteiger partial charge in [0.05, 0.1) is 46.8 Å². The lowest BCUT2D eigenvalue weighted by Crippen LogP contribution is -2.22. The summed E-state index contributed by atoms with van der Waals surface area (Å²) in [7, 11) is 1.53. The summed E-state index contributed by atoms with van der Waals surface area (Å²) in [6.45, 7) is 3.60. The number of halogens is 4. The lowest BCUT2D eigenvalue weighted by atomic mass is 10.1. The van der Waals surface area contributed by atoms with E-state index in [4.69, 9.17) is 4.74 Å². The van der Waals surface area contributed by atoms with E-state index >= 15 is 0 Å². The minimum atomic E-state index is -4.54. The maximum absolute atomic E-state index is 13.4. The van der Waals surface area contributed by atoms with Crippen molar-refractivity contribution in [2.45, 2.75) is 44.9 Å². The summed E-state index contributed by atoms with van der Waals surface area (Å²) < 4.78 is 46.1. The monoisotopic (exact) mass is 472 g/mol. The number of anilines is 2. The highest BCUT2D eigenvalue weighted by molar-refractivity contribution is 9.10. The Hall–Kier alpha value is -2.20. The van der Waals surface area contributed by atoms with E-state index in [0.717, 1.165) is 6.07 Å². The molecule has 6 nitrogen and oxygen atoms in total. The van der Waals surface area contributed by atoms with Crippen molar-refractivity contribution in [2.75, 3.05) is 17.7 Å². The zero-order chi connectivity index (χ0) is 21.3. The van der Waals surface area contributed by atoms with Crippen molar-refractivity contribution in [2.24, 2.45) is 0 Å². The molecule has 0 spiro atoms. The third kappa shape index (κ3) is 4.87. The van der Waals surface area contributed by atoms with Crippen LogP contribution in [0, 0.1) is 6.92 Å². The van der Waals surface area contributed by atoms with E-state index in [1.807, 2.05) is 0 Å². The number of methoxy groups -OCH3 is 1. The first-order valence-electron chi connectivity index (χ1n) is 8.94. The highest BCUT2D eigenvalue weighted by atomic mass is 79.9. The first-order chi connectivity index (χ1) is 13.6. The number of ether oxygens (including phenoxy) is 1. The molecule has 29 heavy (non-hydrogen) atoms. The molecule has 1 saturated carbocycles. The number of carbonyl (C=O) groups is 1. The number of hydrogen-bond acceptors (Lipinski definition) is 4. The molecule has 1 atom stereocenters. The Morgan fingerprint density at radius 2 is 1.97 bits per heavy atom. The van der Waals surface area contributed by atoms with Crippen LogP contribution < -0.4 is 10.6 Å². The number of rotatable bonds is 5. The average molecular weight is 473 g/mol. The van der Waals surface area contributed by atoms with E-state index in [1.165, 1.54) is 19.5 Å². The number of hydrogen-bond donors (Lipinski definition) is 2. The van der Waals surface area contributed by atoms with Gasteiger partial charge < -0.3 is 15.4 Å². The van der Waals surface area contributed by atoms with Crippen LogP contribution >= 0.6 is 15.9 Å². The molecule has 1 fully saturated rings. The summed E-state index contributed by atoms with van der Waals surface area (Å²) in [5.74, 6) is -0.163. The predicted molar refractivity (Wildman–Crippen MR) is 106 cm³/mol. The van der Waals surface area contributed by atoms with E-state index in [1.54, 1.807) is 13.8 Å². The zero-order valence-corrected chi connectivity index (χ0v) is 17.6. The van der Waals surface area contributed by atoms with Gasteiger partial charge in [0.25, 0.3) is 0 Å². The Morgan fingerprint density at radius 3 is 2.55 bits per heavy atom. The van der Waals surface area contributed by atoms with Crippen molar-refractivity contribution in [3.05, 3.63) is 45.4 Å². The number of carbonyl (C=O) groups excluding carboxylic acids is 1. The SMILES string of the molecule is COC(C)c1c(NC(=O)Nc2cnc(C3CC3)c(C(F)(F)F)c2)cnc(C)c1Br. The van der Waals surface area contributed by atoms with Gasteiger partial charge in [0, 0.05) is 23.1 Å². The van der Waals surface area contributed by atoms with E-state index in [2.05, 4.69) is 36.5 Å². The molecule has 0 aliphatic heterocycles. The topological polar surface area (TPSA) is 76.1 Å². The van der Waals surface area contributed by atoms with Gasteiger partial charge in [-0.2, -0.15) is 13.2 Å². The quantitative estimate of drug-likeness (QED) is 0.576. The van der Waals surface area contributed by atoms with Crippen molar-refractivity contribution < 1.29 is 22.7 Å². The number of alkyl halides is 3. The molecule has 2 heterocycles. The number of nitrogens with one attached hydrogen (secondary N) is 2. The summed E-state index contributed by atoms with van der Waals surface area (Å²) in [5, 5.41) is 5.03. The average Bonchev–Trinajstić information content (AvgIpc) is 3.49. The first kappa shape index (κ1) is 21.5. The minimum Gasteiger partial charge on any atom is -0.377 e. The molecule has 2 amide bonds. The summed E-state index contributed by atoms with van der Waals surface area (Å²) >= 11 is 3.44. The number of aryl methyl sites for hydroxylation is 1. The standard InChI is InChI=1S/C19H20BrF3N4O2/c1-9-16(20)15(10(2)29-3)14(8-24-9)27-18(28)26-12-6-13(19(21,22)23)17(25-7-12)11-4-5-11/h6-8,10-11H,4-5H2,1-3H3,(H2,26,27,28). The van der Waals surface area contributed by atoms with Gasteiger partial charge >= 0.3 is 12.2 Å². The van der Waals surface area contributed by atoms with Gasteiger partial charge in [0.2, 0.25) is 0 Å². The van der Waals surface area contributed by atoms with Crippen LogP contribution in [0.25, 0.3) is 0 Å². The molecule has 3 rings (SSSR count). The third-order valence-electron chi connectivity index (χ3n) is 4.69. The van der Waals surface area contributed by atoms with Crippen LogP contribution in [0.2, 0.25) is 0 Å². The van der Waals surface area contributed by atoms with Crippen LogP contribution in [0.5, 0.6) is 0 Å². The Labute approximate surface area is 174 Å². The smallest absolute Gasteiger partial charge is 0.377 e. The van der Waals surface area contributed by atoms with Gasteiger partial charge in [-0.1, -0.05) is 0 Å². The second kappa shape index (κ2) is 8.27. The van der Waals surface area contributed by atoms with Crippen molar-refractivity contribution in [1.82, 2.24) is 9.97 Å². The van der Waals surface area contributed by atoms with Crippen molar-refractivity contribution in [1.29, 1.82) is 0 Å². The third-order valence-corrected chi connectivity index (χ3v) is 5.69. The molecule has 1 unspecified atom stereocenters. The van der Waals surface area contributed by atoms with Crippen molar-refractivity contribution in [3.8, 4) is 0 Å². The lowest BCUT2D eigenvalue weighted by Gasteiger charge is -2.19. The van der Waals surface area contributed by atoms with Crippen LogP contribution in [0.1, 0.15) is 54.3 Å². The van der Waals surface area contributed by atoms with Gasteiger partial charge in [0.15, 0.2) is 0 Å². The molecular formula is C19H20BrF3N4O2. The molecule has 2 aromatic rings. The number of aromatic nitrogens is 2. The molecule has 1 aliphatic rings. The van der Waals surface area contributed by atoms with Crippen LogP contribution in [-0.4, -0.2) is 23.1 Å². The van der Waals surface area contributed by atoms with Crippen LogP contribution in [0.3, 0.4) is 0 Å². The van der Waals surface area contributed by atoms with Crippen LogP contribution in [0.15, 0.2) is 22.9 Å². The Bertz CT molecular complexity index is 932. The fourth-order valence-electron chi connectivity index (χ4n) is 2.95. The van der Waals surface area contributed by atoms with E-state index in [0.29, 0.717) is 34.3 Å². The minimum absolute atomic E-state index is 0.0336. The van der Waals surface area contributed by atoms with Gasteiger partial charge in [-0.25, -0.2) is 4.79 Å². The first-order valence-corrected chi connectivity index (χ1v) is 9.74.